The number of hydrogen-bond acceptors (Lipinski definition) is 8. The van der Waals surface area contributed by atoms with Gasteiger partial charge in [-0.25, -0.2) is 4.39 Å². The molecule has 4 aromatic rings. The lowest BCUT2D eigenvalue weighted by atomic mass is 9.75. The highest BCUT2D eigenvalue weighted by Crippen LogP contribution is 2.42. The highest BCUT2D eigenvalue weighted by Gasteiger charge is 2.47. The van der Waals surface area contributed by atoms with Crippen molar-refractivity contribution in [3.63, 3.8) is 0 Å². The summed E-state index contributed by atoms with van der Waals surface area (Å²) < 4.78 is 23.1. The molecule has 2 aliphatic heterocycles. The number of phenols is 1. The van der Waals surface area contributed by atoms with Crippen molar-refractivity contribution in [1.29, 1.82) is 0 Å². The van der Waals surface area contributed by atoms with E-state index in [0.717, 1.165) is 51.7 Å². The summed E-state index contributed by atoms with van der Waals surface area (Å²) in [6.07, 6.45) is 14.3. The van der Waals surface area contributed by atoms with Gasteiger partial charge in [0.15, 0.2) is 5.82 Å². The number of nitrogens with one attached hydrogen (secondary N) is 1. The molecule has 7 rings (SSSR count). The van der Waals surface area contributed by atoms with Gasteiger partial charge in [0.05, 0.1) is 11.2 Å². The predicted molar refractivity (Wildman–Crippen MR) is 175 cm³/mol. The Balaban J connectivity index is 1.29. The van der Waals surface area contributed by atoms with Crippen LogP contribution < -0.4 is 10.1 Å². The largest absolute Gasteiger partial charge is 0.508 e. The van der Waals surface area contributed by atoms with Gasteiger partial charge in [0.25, 0.3) is 0 Å². The van der Waals surface area contributed by atoms with Crippen molar-refractivity contribution in [3.8, 4) is 35.4 Å². The van der Waals surface area contributed by atoms with Crippen molar-refractivity contribution >= 4 is 21.7 Å². The molecule has 0 bridgehead atoms. The average molecular weight is 609 g/mol. The number of ether oxygens (including phenoxy) is 1. The number of halogens is 1. The molecule has 2 N–H and O–H groups in total. The van der Waals surface area contributed by atoms with Gasteiger partial charge in [0, 0.05) is 53.3 Å². The Kier molecular flexibility index (Phi) is 7.63. The van der Waals surface area contributed by atoms with Gasteiger partial charge in [0.1, 0.15) is 23.6 Å². The first-order valence-corrected chi connectivity index (χ1v) is 16.1. The molecule has 8 nitrogen and oxygen atoms in total. The fourth-order valence-corrected chi connectivity index (χ4v) is 8.00. The number of benzene rings is 2. The summed E-state index contributed by atoms with van der Waals surface area (Å²) in [5, 5.41) is 16.0. The minimum atomic E-state index is -0.598. The molecule has 3 aliphatic rings. The zero-order chi connectivity index (χ0) is 31.3. The fraction of sp³-hybridized carbons (Fsp3) is 0.472. The molecule has 3 fully saturated rings. The summed E-state index contributed by atoms with van der Waals surface area (Å²) >= 11 is 0. The molecule has 0 spiro atoms. The van der Waals surface area contributed by atoms with E-state index in [1.807, 2.05) is 12.1 Å². The Morgan fingerprint density at radius 2 is 2.04 bits per heavy atom. The van der Waals surface area contributed by atoms with Gasteiger partial charge >= 0.3 is 6.01 Å². The summed E-state index contributed by atoms with van der Waals surface area (Å²) in [5.41, 5.74) is 1.96. The molecule has 1 saturated carbocycles. The van der Waals surface area contributed by atoms with Crippen LogP contribution in [-0.2, 0) is 6.54 Å². The number of likely N-dealkylation sites (N-methyl/N-ethyl adjacent to an activating group) is 1. The normalized spacial score (nSPS) is 22.5. The first kappa shape index (κ1) is 29.8. The Bertz CT molecular complexity index is 1820. The number of aromatic nitrogens is 3. The van der Waals surface area contributed by atoms with E-state index in [4.69, 9.17) is 16.1 Å². The Hall–Kier alpha value is -3.84. The summed E-state index contributed by atoms with van der Waals surface area (Å²) in [4.78, 5) is 18.9. The predicted octanol–water partition coefficient (Wildman–Crippen LogP) is 5.50. The zero-order valence-corrected chi connectivity index (χ0v) is 26.4. The van der Waals surface area contributed by atoms with Gasteiger partial charge in [-0.15, -0.1) is 6.42 Å². The maximum atomic E-state index is 16.7. The molecular formula is C36H41FN6O2. The van der Waals surface area contributed by atoms with E-state index in [9.17, 15) is 5.11 Å². The monoisotopic (exact) mass is 608 g/mol. The number of rotatable bonds is 9. The van der Waals surface area contributed by atoms with Crippen molar-refractivity contribution in [2.45, 2.75) is 63.1 Å². The summed E-state index contributed by atoms with van der Waals surface area (Å²) in [5.74, 6) is 2.71. The van der Waals surface area contributed by atoms with Crippen LogP contribution in [0.1, 0.15) is 56.7 Å². The molecule has 0 radical (unpaired) electrons. The number of fused-ring (bicyclic) bond motifs is 3. The molecule has 234 valence electrons. The van der Waals surface area contributed by atoms with Crippen LogP contribution in [0.15, 0.2) is 36.5 Å². The lowest BCUT2D eigenvalue weighted by Gasteiger charge is -2.47. The van der Waals surface area contributed by atoms with Crippen LogP contribution in [0.25, 0.3) is 32.9 Å². The van der Waals surface area contributed by atoms with E-state index in [-0.39, 0.29) is 34.0 Å². The van der Waals surface area contributed by atoms with Crippen LogP contribution >= 0.6 is 0 Å². The van der Waals surface area contributed by atoms with Crippen molar-refractivity contribution in [1.82, 2.24) is 30.1 Å². The average Bonchev–Trinajstić information content (AvgIpc) is 3.52. The first-order chi connectivity index (χ1) is 21.7. The molecule has 45 heavy (non-hydrogen) atoms. The molecule has 2 aromatic carbocycles. The number of terminal acetylenes is 1. The maximum Gasteiger partial charge on any atom is 0.317 e. The van der Waals surface area contributed by atoms with Gasteiger partial charge in [-0.05, 0) is 88.7 Å². The van der Waals surface area contributed by atoms with Gasteiger partial charge in [-0.1, -0.05) is 25.0 Å². The zero-order valence-electron chi connectivity index (χ0n) is 26.4. The van der Waals surface area contributed by atoms with Crippen LogP contribution in [0, 0.1) is 24.1 Å². The quantitative estimate of drug-likeness (QED) is 0.241. The van der Waals surface area contributed by atoms with E-state index in [0.29, 0.717) is 52.0 Å². The third-order valence-electron chi connectivity index (χ3n) is 10.6. The number of pyridine rings is 1. The molecule has 2 aromatic heterocycles. The van der Waals surface area contributed by atoms with Crippen molar-refractivity contribution in [2.24, 2.45) is 5.92 Å². The number of phenolic OH excluding ortho intramolecular Hbond substituents is 1. The lowest BCUT2D eigenvalue weighted by molar-refractivity contribution is 0.0597. The maximum absolute atomic E-state index is 16.7. The number of hydrogen-bond donors (Lipinski definition) is 2. The molecule has 2 saturated heterocycles. The van der Waals surface area contributed by atoms with E-state index in [1.54, 1.807) is 18.3 Å². The standard InChI is InChI=1S/C36H41FN6O2/c1-5-24-9-6-10-25-15-26(44)16-27(30(24)25)32-31(37)33-28(18-39-32)29(19-38-21-35(42(3)4)11-7-12-35)40-34(41-33)45-22-36-13-8-14-43(36)20-23(2)17-36/h1,6,9-10,15-16,18,23,38,44H,7-8,11-14,17,19-22H2,2-4H3/t23-,36+/m1/s1. The number of nitrogens with zero attached hydrogens (tertiary/aromatic N) is 5. The van der Waals surface area contributed by atoms with Crippen LogP contribution in [0.2, 0.25) is 0 Å². The molecular weight excluding hydrogens is 567 g/mol. The second-order valence-corrected chi connectivity index (χ2v) is 13.6. The highest BCUT2D eigenvalue weighted by atomic mass is 19.1. The topological polar surface area (TPSA) is 86.6 Å². The molecule has 0 unspecified atom stereocenters. The fourth-order valence-electron chi connectivity index (χ4n) is 8.00. The Labute approximate surface area is 264 Å². The summed E-state index contributed by atoms with van der Waals surface area (Å²) in [6, 6.07) is 8.77. The minimum Gasteiger partial charge on any atom is -0.508 e. The second kappa shape index (κ2) is 11.5. The van der Waals surface area contributed by atoms with Crippen LogP contribution in [0.3, 0.4) is 0 Å². The SMILES string of the molecule is C#Cc1cccc2cc(O)cc(-c3ncc4c(CNCC5(N(C)C)CCC5)nc(OC[C@@]56CCCN5C[C@H](C)C6)nc4c3F)c12. The third kappa shape index (κ3) is 5.19. The van der Waals surface area contributed by atoms with E-state index in [1.165, 1.54) is 12.5 Å². The summed E-state index contributed by atoms with van der Waals surface area (Å²) in [6.45, 7) is 6.15. The smallest absolute Gasteiger partial charge is 0.317 e. The van der Waals surface area contributed by atoms with Gasteiger partial charge in [-0.3, -0.25) is 9.88 Å². The lowest BCUT2D eigenvalue weighted by Crippen LogP contribution is -2.56. The summed E-state index contributed by atoms with van der Waals surface area (Å²) in [7, 11) is 4.25. The minimum absolute atomic E-state index is 0.00143. The molecule has 1 aliphatic carbocycles. The number of aromatic hydroxyl groups is 1. The van der Waals surface area contributed by atoms with Crippen molar-refractivity contribution < 1.29 is 14.2 Å². The van der Waals surface area contributed by atoms with Gasteiger partial charge in [-0.2, -0.15) is 9.97 Å². The van der Waals surface area contributed by atoms with E-state index in [2.05, 4.69) is 52.0 Å². The van der Waals surface area contributed by atoms with Crippen LogP contribution in [0.5, 0.6) is 11.8 Å². The molecule has 0 amide bonds. The molecule has 9 heteroatoms. The van der Waals surface area contributed by atoms with Crippen LogP contribution in [-0.4, -0.2) is 81.3 Å². The molecule has 4 heterocycles. The Morgan fingerprint density at radius 3 is 2.80 bits per heavy atom. The van der Waals surface area contributed by atoms with Crippen molar-refractivity contribution in [2.75, 3.05) is 40.3 Å². The van der Waals surface area contributed by atoms with E-state index < -0.39 is 5.82 Å². The second-order valence-electron chi connectivity index (χ2n) is 13.6. The molecule has 2 atom stereocenters. The van der Waals surface area contributed by atoms with Gasteiger partial charge < -0.3 is 20.1 Å². The van der Waals surface area contributed by atoms with E-state index >= 15 is 4.39 Å². The third-order valence-corrected chi connectivity index (χ3v) is 10.6. The first-order valence-electron chi connectivity index (χ1n) is 16.1. The Morgan fingerprint density at radius 1 is 1.20 bits per heavy atom. The van der Waals surface area contributed by atoms with Crippen molar-refractivity contribution in [3.05, 3.63) is 53.6 Å². The van der Waals surface area contributed by atoms with Gasteiger partial charge in [0.2, 0.25) is 0 Å². The highest BCUT2D eigenvalue weighted by molar-refractivity contribution is 6.02. The van der Waals surface area contributed by atoms with Crippen LogP contribution in [0.4, 0.5) is 4.39 Å².